The number of hydrogen-bond donors (Lipinski definition) is 1. The molecule has 1 aromatic heterocycles. The molecule has 4 nitrogen and oxygen atoms in total. The van der Waals surface area contributed by atoms with Crippen molar-refractivity contribution in [2.24, 2.45) is 0 Å². The molecule has 0 saturated carbocycles. The quantitative estimate of drug-likeness (QED) is 0.842. The van der Waals surface area contributed by atoms with Crippen LogP contribution in [-0.4, -0.2) is 21.3 Å². The van der Waals surface area contributed by atoms with Crippen molar-refractivity contribution < 1.29 is 13.9 Å². The molecule has 0 radical (unpaired) electrons. The van der Waals surface area contributed by atoms with Crippen molar-refractivity contribution in [2.75, 3.05) is 21.3 Å². The van der Waals surface area contributed by atoms with Crippen LogP contribution < -0.4 is 14.8 Å². The van der Waals surface area contributed by atoms with E-state index in [0.717, 1.165) is 35.7 Å². The molecule has 0 spiro atoms. The summed E-state index contributed by atoms with van der Waals surface area (Å²) in [6, 6.07) is 9.88. The Hall–Kier alpha value is -1.94. The number of methoxy groups -OCH3 is 2. The topological polar surface area (TPSA) is 43.6 Å². The number of nitrogens with one attached hydrogen (secondary N) is 1. The van der Waals surface area contributed by atoms with E-state index in [1.807, 2.05) is 37.4 Å². The van der Waals surface area contributed by atoms with Gasteiger partial charge in [0, 0.05) is 12.5 Å². The Kier molecular flexibility index (Phi) is 5.07. The molecule has 0 aliphatic heterocycles. The maximum Gasteiger partial charge on any atom is 0.127 e. The van der Waals surface area contributed by atoms with Crippen molar-refractivity contribution in [3.63, 3.8) is 0 Å². The molecule has 1 unspecified atom stereocenters. The van der Waals surface area contributed by atoms with E-state index >= 15 is 0 Å². The van der Waals surface area contributed by atoms with Gasteiger partial charge in [-0.05, 0) is 37.7 Å². The lowest BCUT2D eigenvalue weighted by Gasteiger charge is -2.21. The second kappa shape index (κ2) is 7.01. The van der Waals surface area contributed by atoms with Gasteiger partial charge in [0.2, 0.25) is 0 Å². The normalized spacial score (nSPS) is 12.2. The second-order valence-electron chi connectivity index (χ2n) is 4.54. The molecule has 1 atom stereocenters. The monoisotopic (exact) mass is 275 g/mol. The van der Waals surface area contributed by atoms with Crippen LogP contribution in [0.1, 0.15) is 23.8 Å². The summed E-state index contributed by atoms with van der Waals surface area (Å²) in [6.45, 7) is 0. The third-order valence-corrected chi connectivity index (χ3v) is 3.42. The fourth-order valence-corrected chi connectivity index (χ4v) is 2.40. The van der Waals surface area contributed by atoms with Gasteiger partial charge < -0.3 is 19.2 Å². The van der Waals surface area contributed by atoms with Crippen molar-refractivity contribution in [3.8, 4) is 11.5 Å². The zero-order chi connectivity index (χ0) is 14.4. The molecule has 0 amide bonds. The Labute approximate surface area is 119 Å². The van der Waals surface area contributed by atoms with Crippen LogP contribution in [0.15, 0.2) is 41.0 Å². The van der Waals surface area contributed by atoms with Gasteiger partial charge in [0.1, 0.15) is 17.3 Å². The van der Waals surface area contributed by atoms with Gasteiger partial charge in [-0.25, -0.2) is 0 Å². The first-order valence-corrected chi connectivity index (χ1v) is 6.70. The predicted molar refractivity (Wildman–Crippen MR) is 78.4 cm³/mol. The summed E-state index contributed by atoms with van der Waals surface area (Å²) in [7, 11) is 5.30. The Morgan fingerprint density at radius 3 is 2.30 bits per heavy atom. The third kappa shape index (κ3) is 3.14. The van der Waals surface area contributed by atoms with Crippen molar-refractivity contribution in [2.45, 2.75) is 18.9 Å². The van der Waals surface area contributed by atoms with E-state index in [1.54, 1.807) is 20.5 Å². The number of furan rings is 1. The average Bonchev–Trinajstić information content (AvgIpc) is 3.01. The minimum absolute atomic E-state index is 0.145. The molecular weight excluding hydrogens is 254 g/mol. The van der Waals surface area contributed by atoms with E-state index in [9.17, 15) is 0 Å². The van der Waals surface area contributed by atoms with E-state index in [4.69, 9.17) is 13.9 Å². The van der Waals surface area contributed by atoms with Gasteiger partial charge in [-0.15, -0.1) is 0 Å². The highest BCUT2D eigenvalue weighted by molar-refractivity contribution is 5.47. The molecule has 1 heterocycles. The third-order valence-electron chi connectivity index (χ3n) is 3.42. The molecule has 1 N–H and O–H groups in total. The maximum atomic E-state index is 5.46. The van der Waals surface area contributed by atoms with Crippen LogP contribution >= 0.6 is 0 Å². The van der Waals surface area contributed by atoms with Crippen LogP contribution in [0.3, 0.4) is 0 Å². The molecule has 0 bridgehead atoms. The SMILES string of the molecule is CNC(CCc1ccco1)c1c(OC)cccc1OC. The summed E-state index contributed by atoms with van der Waals surface area (Å²) in [4.78, 5) is 0. The molecular formula is C16H21NO3. The van der Waals surface area contributed by atoms with Crippen molar-refractivity contribution >= 4 is 0 Å². The number of benzene rings is 1. The first-order valence-electron chi connectivity index (χ1n) is 6.70. The summed E-state index contributed by atoms with van der Waals surface area (Å²) in [6.07, 6.45) is 3.47. The molecule has 20 heavy (non-hydrogen) atoms. The van der Waals surface area contributed by atoms with Gasteiger partial charge in [0.15, 0.2) is 0 Å². The summed E-state index contributed by atoms with van der Waals surface area (Å²) in [5.41, 5.74) is 1.05. The van der Waals surface area contributed by atoms with Crippen LogP contribution in [-0.2, 0) is 6.42 Å². The Bertz CT molecular complexity index is 500. The average molecular weight is 275 g/mol. The number of rotatable bonds is 7. The fourth-order valence-electron chi connectivity index (χ4n) is 2.40. The van der Waals surface area contributed by atoms with E-state index < -0.39 is 0 Å². The van der Waals surface area contributed by atoms with Crippen LogP contribution in [0, 0.1) is 0 Å². The molecule has 0 aliphatic rings. The zero-order valence-corrected chi connectivity index (χ0v) is 12.2. The van der Waals surface area contributed by atoms with Gasteiger partial charge >= 0.3 is 0 Å². The molecule has 108 valence electrons. The van der Waals surface area contributed by atoms with E-state index in [2.05, 4.69) is 5.32 Å². The highest BCUT2D eigenvalue weighted by atomic mass is 16.5. The molecule has 0 saturated heterocycles. The highest BCUT2D eigenvalue weighted by Crippen LogP contribution is 2.35. The largest absolute Gasteiger partial charge is 0.496 e. The first-order chi connectivity index (χ1) is 9.80. The Morgan fingerprint density at radius 1 is 1.10 bits per heavy atom. The second-order valence-corrected chi connectivity index (χ2v) is 4.54. The molecule has 0 fully saturated rings. The number of hydrogen-bond acceptors (Lipinski definition) is 4. The number of ether oxygens (including phenoxy) is 2. The zero-order valence-electron chi connectivity index (χ0n) is 12.2. The Morgan fingerprint density at radius 2 is 1.80 bits per heavy atom. The lowest BCUT2D eigenvalue weighted by molar-refractivity contribution is 0.367. The van der Waals surface area contributed by atoms with E-state index in [-0.39, 0.29) is 6.04 Å². The van der Waals surface area contributed by atoms with E-state index in [0.29, 0.717) is 0 Å². The minimum atomic E-state index is 0.145. The summed E-state index contributed by atoms with van der Waals surface area (Å²) in [5, 5.41) is 3.33. The predicted octanol–water partition coefficient (Wildman–Crippen LogP) is 3.19. The van der Waals surface area contributed by atoms with Gasteiger partial charge in [0.25, 0.3) is 0 Å². The van der Waals surface area contributed by atoms with Crippen LogP contribution in [0.2, 0.25) is 0 Å². The summed E-state index contributed by atoms with van der Waals surface area (Å²) in [5.74, 6) is 2.66. The number of aryl methyl sites for hydroxylation is 1. The van der Waals surface area contributed by atoms with Gasteiger partial charge in [-0.2, -0.15) is 0 Å². The highest BCUT2D eigenvalue weighted by Gasteiger charge is 2.19. The maximum absolute atomic E-state index is 5.46. The summed E-state index contributed by atoms with van der Waals surface area (Å²) >= 11 is 0. The van der Waals surface area contributed by atoms with Crippen LogP contribution in [0.25, 0.3) is 0 Å². The molecule has 0 aliphatic carbocycles. The first kappa shape index (κ1) is 14.5. The lowest BCUT2D eigenvalue weighted by Crippen LogP contribution is -2.18. The van der Waals surface area contributed by atoms with Crippen molar-refractivity contribution in [1.29, 1.82) is 0 Å². The van der Waals surface area contributed by atoms with E-state index in [1.165, 1.54) is 0 Å². The van der Waals surface area contributed by atoms with Gasteiger partial charge in [0.05, 0.1) is 26.0 Å². The standard InChI is InChI=1S/C16H21NO3/c1-17-13(10-9-12-6-5-11-20-12)16-14(18-2)7-4-8-15(16)19-3/h4-8,11,13,17H,9-10H2,1-3H3. The molecule has 4 heteroatoms. The van der Waals surface area contributed by atoms with Crippen LogP contribution in [0.4, 0.5) is 0 Å². The van der Waals surface area contributed by atoms with Gasteiger partial charge in [-0.1, -0.05) is 6.07 Å². The summed E-state index contributed by atoms with van der Waals surface area (Å²) < 4.78 is 16.3. The molecule has 2 rings (SSSR count). The van der Waals surface area contributed by atoms with Crippen molar-refractivity contribution in [3.05, 3.63) is 47.9 Å². The lowest BCUT2D eigenvalue weighted by atomic mass is 9.99. The molecule has 2 aromatic rings. The fraction of sp³-hybridized carbons (Fsp3) is 0.375. The van der Waals surface area contributed by atoms with Gasteiger partial charge in [-0.3, -0.25) is 0 Å². The van der Waals surface area contributed by atoms with Crippen LogP contribution in [0.5, 0.6) is 11.5 Å². The molecule has 1 aromatic carbocycles. The minimum Gasteiger partial charge on any atom is -0.496 e. The Balaban J connectivity index is 2.21. The smallest absolute Gasteiger partial charge is 0.127 e. The van der Waals surface area contributed by atoms with Crippen molar-refractivity contribution in [1.82, 2.24) is 5.32 Å².